The van der Waals surface area contributed by atoms with E-state index in [1.54, 1.807) is 13.0 Å². The molecule has 0 aromatic heterocycles. The maximum absolute atomic E-state index is 13.2. The Hall–Kier alpha value is -0.710. The Morgan fingerprint density at radius 1 is 1.17 bits per heavy atom. The first-order valence-electron chi connectivity index (χ1n) is 9.14. The standard InChI is InChI=1S/C20H32O4/c1-7-18(4)11-12(21)14-19(5)10-8-9-17(2,3)15(19)13(22)16(23)20(14,6)24-18/h7,13-16,22-23H,1,8-11H2,2-6H3/t13-,14?,15-,16-,18-,19+,20-/m0/s1. The number of Topliss-reactive ketones (excluding diaryl/α,β-unsaturated/α-hetero) is 1. The Balaban J connectivity index is 2.15. The third-order valence-electron chi connectivity index (χ3n) is 7.31. The Morgan fingerprint density at radius 2 is 1.79 bits per heavy atom. The fourth-order valence-corrected chi connectivity index (χ4v) is 6.56. The van der Waals surface area contributed by atoms with Crippen LogP contribution >= 0.6 is 0 Å². The molecule has 0 aromatic rings. The summed E-state index contributed by atoms with van der Waals surface area (Å²) in [5, 5.41) is 22.0. The van der Waals surface area contributed by atoms with E-state index in [1.165, 1.54) is 0 Å². The molecule has 3 fully saturated rings. The molecule has 1 saturated heterocycles. The highest BCUT2D eigenvalue weighted by Crippen LogP contribution is 2.64. The van der Waals surface area contributed by atoms with Gasteiger partial charge in [-0.15, -0.1) is 6.58 Å². The molecule has 1 aliphatic heterocycles. The summed E-state index contributed by atoms with van der Waals surface area (Å²) >= 11 is 0. The van der Waals surface area contributed by atoms with Gasteiger partial charge in [0, 0.05) is 6.42 Å². The predicted molar refractivity (Wildman–Crippen MR) is 92.4 cm³/mol. The van der Waals surface area contributed by atoms with Crippen molar-refractivity contribution in [2.24, 2.45) is 22.7 Å². The monoisotopic (exact) mass is 336 g/mol. The molecule has 1 unspecified atom stereocenters. The molecule has 3 rings (SSSR count). The smallest absolute Gasteiger partial charge is 0.142 e. The minimum atomic E-state index is -1.09. The van der Waals surface area contributed by atoms with Gasteiger partial charge in [0.2, 0.25) is 0 Å². The van der Waals surface area contributed by atoms with Crippen molar-refractivity contribution in [2.75, 3.05) is 0 Å². The Bertz CT molecular complexity index is 570. The molecule has 0 aromatic carbocycles. The lowest BCUT2D eigenvalue weighted by Gasteiger charge is -2.66. The maximum Gasteiger partial charge on any atom is 0.142 e. The first-order chi connectivity index (χ1) is 10.9. The number of carbonyl (C=O) groups is 1. The van der Waals surface area contributed by atoms with Gasteiger partial charge in [0.15, 0.2) is 0 Å². The summed E-state index contributed by atoms with van der Waals surface area (Å²) in [6.45, 7) is 13.9. The van der Waals surface area contributed by atoms with Crippen molar-refractivity contribution in [3.05, 3.63) is 12.7 Å². The summed E-state index contributed by atoms with van der Waals surface area (Å²) in [7, 11) is 0. The van der Waals surface area contributed by atoms with Crippen molar-refractivity contribution in [1.82, 2.24) is 0 Å². The van der Waals surface area contributed by atoms with Gasteiger partial charge in [0.25, 0.3) is 0 Å². The van der Waals surface area contributed by atoms with E-state index in [9.17, 15) is 15.0 Å². The average Bonchev–Trinajstić information content (AvgIpc) is 2.42. The molecule has 7 atom stereocenters. The first-order valence-corrected chi connectivity index (χ1v) is 9.14. The predicted octanol–water partition coefficient (Wildman–Crippen LogP) is 2.86. The van der Waals surface area contributed by atoms with E-state index in [-0.39, 0.29) is 29.0 Å². The van der Waals surface area contributed by atoms with Crippen LogP contribution in [0.3, 0.4) is 0 Å². The van der Waals surface area contributed by atoms with Crippen LogP contribution < -0.4 is 0 Å². The van der Waals surface area contributed by atoms with Crippen molar-refractivity contribution in [2.45, 2.75) is 83.7 Å². The molecule has 0 bridgehead atoms. The highest BCUT2D eigenvalue weighted by atomic mass is 16.5. The fraction of sp³-hybridized carbons (Fsp3) is 0.850. The van der Waals surface area contributed by atoms with Crippen molar-refractivity contribution in [3.63, 3.8) is 0 Å². The van der Waals surface area contributed by atoms with E-state index in [1.807, 2.05) is 6.92 Å². The minimum absolute atomic E-state index is 0.117. The quantitative estimate of drug-likeness (QED) is 0.723. The number of fused-ring (bicyclic) bond motifs is 3. The van der Waals surface area contributed by atoms with Crippen LogP contribution in [-0.2, 0) is 9.53 Å². The van der Waals surface area contributed by atoms with Gasteiger partial charge in [-0.3, -0.25) is 4.79 Å². The van der Waals surface area contributed by atoms with Crippen LogP contribution in [0.5, 0.6) is 0 Å². The van der Waals surface area contributed by atoms with Gasteiger partial charge in [-0.05, 0) is 43.4 Å². The second kappa shape index (κ2) is 5.15. The maximum atomic E-state index is 13.2. The number of ether oxygens (including phenoxy) is 1. The van der Waals surface area contributed by atoms with Gasteiger partial charge in [-0.1, -0.05) is 33.3 Å². The Kier molecular flexibility index (Phi) is 3.88. The van der Waals surface area contributed by atoms with Crippen molar-refractivity contribution in [3.8, 4) is 0 Å². The fourth-order valence-electron chi connectivity index (χ4n) is 6.56. The highest BCUT2D eigenvalue weighted by molar-refractivity contribution is 5.85. The van der Waals surface area contributed by atoms with Gasteiger partial charge in [-0.25, -0.2) is 0 Å². The van der Waals surface area contributed by atoms with Gasteiger partial charge in [0.05, 0.1) is 17.6 Å². The molecule has 2 saturated carbocycles. The molecule has 24 heavy (non-hydrogen) atoms. The van der Waals surface area contributed by atoms with E-state index in [0.717, 1.165) is 19.3 Å². The molecule has 136 valence electrons. The Labute approximate surface area is 145 Å². The molecule has 4 heteroatoms. The van der Waals surface area contributed by atoms with Crippen LogP contribution in [0.25, 0.3) is 0 Å². The number of aliphatic hydroxyl groups is 2. The Morgan fingerprint density at radius 3 is 2.38 bits per heavy atom. The van der Waals surface area contributed by atoms with Crippen LogP contribution in [0, 0.1) is 22.7 Å². The summed E-state index contributed by atoms with van der Waals surface area (Å²) in [4.78, 5) is 13.2. The van der Waals surface area contributed by atoms with E-state index in [4.69, 9.17) is 4.74 Å². The zero-order valence-corrected chi connectivity index (χ0v) is 15.6. The SMILES string of the molecule is C=C[C@@]1(C)CC(=O)C2[C@](C)(O1)[C@@H](O)[C@@H](O)[C@H]1C(C)(C)CCC[C@]21C. The summed E-state index contributed by atoms with van der Waals surface area (Å²) in [6, 6.07) is 0. The van der Waals surface area contributed by atoms with Gasteiger partial charge >= 0.3 is 0 Å². The summed E-state index contributed by atoms with van der Waals surface area (Å²) < 4.78 is 6.30. The lowest BCUT2D eigenvalue weighted by atomic mass is 9.42. The largest absolute Gasteiger partial charge is 0.390 e. The molecular formula is C20H32O4. The van der Waals surface area contributed by atoms with E-state index < -0.39 is 29.3 Å². The highest BCUT2D eigenvalue weighted by Gasteiger charge is 2.70. The molecule has 4 nitrogen and oxygen atoms in total. The third kappa shape index (κ3) is 2.19. The van der Waals surface area contributed by atoms with Crippen molar-refractivity contribution in [1.29, 1.82) is 0 Å². The lowest BCUT2D eigenvalue weighted by molar-refractivity contribution is -0.304. The van der Waals surface area contributed by atoms with Gasteiger partial charge in [0.1, 0.15) is 17.5 Å². The third-order valence-corrected chi connectivity index (χ3v) is 7.31. The molecule has 2 N–H and O–H groups in total. The second-order valence-electron chi connectivity index (χ2n) is 9.64. The molecule has 2 aliphatic carbocycles. The molecule has 0 radical (unpaired) electrons. The summed E-state index contributed by atoms with van der Waals surface area (Å²) in [5.41, 5.74) is -2.37. The number of carbonyl (C=O) groups excluding carboxylic acids is 1. The van der Waals surface area contributed by atoms with Gasteiger partial charge in [-0.2, -0.15) is 0 Å². The molecule has 0 amide bonds. The average molecular weight is 336 g/mol. The summed E-state index contributed by atoms with van der Waals surface area (Å²) in [6.07, 6.45) is 2.85. The van der Waals surface area contributed by atoms with Crippen LogP contribution in [0.15, 0.2) is 12.7 Å². The van der Waals surface area contributed by atoms with E-state index >= 15 is 0 Å². The van der Waals surface area contributed by atoms with Crippen LogP contribution in [0.4, 0.5) is 0 Å². The van der Waals surface area contributed by atoms with Crippen LogP contribution in [-0.4, -0.2) is 39.4 Å². The van der Waals surface area contributed by atoms with E-state index in [0.29, 0.717) is 0 Å². The first kappa shape index (κ1) is 18.1. The number of aliphatic hydroxyl groups excluding tert-OH is 2. The normalized spacial score (nSPS) is 53.9. The zero-order valence-electron chi connectivity index (χ0n) is 15.6. The second-order valence-corrected chi connectivity index (χ2v) is 9.64. The van der Waals surface area contributed by atoms with E-state index in [2.05, 4.69) is 27.4 Å². The van der Waals surface area contributed by atoms with Crippen LogP contribution in [0.2, 0.25) is 0 Å². The minimum Gasteiger partial charge on any atom is -0.390 e. The summed E-state index contributed by atoms with van der Waals surface area (Å²) in [5.74, 6) is -0.393. The van der Waals surface area contributed by atoms with Gasteiger partial charge < -0.3 is 14.9 Å². The number of hydrogen-bond acceptors (Lipinski definition) is 4. The van der Waals surface area contributed by atoms with Crippen LogP contribution in [0.1, 0.15) is 60.3 Å². The topological polar surface area (TPSA) is 66.8 Å². The number of ketones is 1. The molecular weight excluding hydrogens is 304 g/mol. The lowest BCUT2D eigenvalue weighted by Crippen LogP contribution is -2.75. The molecule has 3 aliphatic rings. The number of rotatable bonds is 1. The van der Waals surface area contributed by atoms with Crippen molar-refractivity contribution < 1.29 is 19.7 Å². The molecule has 1 heterocycles. The number of hydrogen-bond donors (Lipinski definition) is 2. The molecule has 0 spiro atoms. The van der Waals surface area contributed by atoms with Crippen molar-refractivity contribution >= 4 is 5.78 Å². The zero-order chi connectivity index (χ0) is 18.1.